The molecule has 1 atom stereocenters. The second kappa shape index (κ2) is 37.4. The zero-order valence-corrected chi connectivity index (χ0v) is 30.4. The number of carbonyl (C=O) groups is 2. The van der Waals surface area contributed by atoms with Crippen molar-refractivity contribution >= 4 is 11.9 Å². The van der Waals surface area contributed by atoms with Crippen LogP contribution < -0.4 is 0 Å². The lowest BCUT2D eigenvalue weighted by atomic mass is 10.0. The Morgan fingerprint density at radius 3 is 1.35 bits per heavy atom. The summed E-state index contributed by atoms with van der Waals surface area (Å²) in [7, 11) is 0. The fraction of sp³-hybridized carbons (Fsp3) is 0.762. The van der Waals surface area contributed by atoms with Crippen molar-refractivity contribution in [3.63, 3.8) is 0 Å². The third-order valence-electron chi connectivity index (χ3n) is 8.55. The van der Waals surface area contributed by atoms with Crippen LogP contribution in [0.3, 0.4) is 0 Å². The molecule has 0 aliphatic heterocycles. The van der Waals surface area contributed by atoms with E-state index in [1.807, 2.05) is 0 Å². The van der Waals surface area contributed by atoms with E-state index in [9.17, 15) is 9.59 Å². The summed E-state index contributed by atoms with van der Waals surface area (Å²) in [6, 6.07) is 0. The van der Waals surface area contributed by atoms with Crippen molar-refractivity contribution in [2.24, 2.45) is 0 Å². The first-order valence-corrected chi connectivity index (χ1v) is 19.6. The van der Waals surface area contributed by atoms with Crippen LogP contribution in [0.25, 0.3) is 0 Å². The maximum absolute atomic E-state index is 12.6. The lowest BCUT2D eigenvalue weighted by Gasteiger charge is -2.18. The van der Waals surface area contributed by atoms with Gasteiger partial charge in [-0.05, 0) is 77.0 Å². The van der Waals surface area contributed by atoms with E-state index in [0.29, 0.717) is 12.8 Å². The molecule has 0 rings (SSSR count). The number of unbranched alkanes of at least 4 members (excludes halogenated alkanes) is 18. The summed E-state index contributed by atoms with van der Waals surface area (Å²) in [5.74, 6) is -0.697. The average molecular weight is 643 g/mol. The third kappa shape index (κ3) is 36.4. The largest absolute Gasteiger partial charge is 0.481 e. The summed E-state index contributed by atoms with van der Waals surface area (Å²) in [6.07, 6.45) is 50.0. The molecule has 266 valence electrons. The van der Waals surface area contributed by atoms with E-state index in [1.54, 1.807) is 0 Å². The monoisotopic (exact) mass is 643 g/mol. The van der Waals surface area contributed by atoms with Gasteiger partial charge in [-0.3, -0.25) is 9.59 Å². The van der Waals surface area contributed by atoms with Gasteiger partial charge in [0.25, 0.3) is 0 Å². The predicted molar refractivity (Wildman–Crippen MR) is 199 cm³/mol. The predicted octanol–water partition coefficient (Wildman–Crippen LogP) is 13.6. The summed E-state index contributed by atoms with van der Waals surface area (Å²) in [4.78, 5) is 23.2. The molecular weight excluding hydrogens is 568 g/mol. The van der Waals surface area contributed by atoms with E-state index in [4.69, 9.17) is 9.84 Å². The van der Waals surface area contributed by atoms with Gasteiger partial charge in [0.15, 0.2) is 0 Å². The van der Waals surface area contributed by atoms with Crippen LogP contribution in [0.4, 0.5) is 0 Å². The van der Waals surface area contributed by atoms with E-state index in [1.165, 1.54) is 96.3 Å². The molecule has 0 fully saturated rings. The van der Waals surface area contributed by atoms with Crippen molar-refractivity contribution in [3.8, 4) is 0 Å². The van der Waals surface area contributed by atoms with Gasteiger partial charge >= 0.3 is 11.9 Å². The number of carboxylic acids is 1. The molecule has 0 aliphatic rings. The number of carboxylic acid groups (broad SMARTS) is 1. The normalized spacial score (nSPS) is 12.7. The molecule has 0 saturated heterocycles. The highest BCUT2D eigenvalue weighted by Gasteiger charge is 2.14. The summed E-state index contributed by atoms with van der Waals surface area (Å²) < 4.78 is 5.99. The Bertz CT molecular complexity index is 779. The molecule has 0 bridgehead atoms. The third-order valence-corrected chi connectivity index (χ3v) is 8.55. The van der Waals surface area contributed by atoms with Crippen LogP contribution in [0.2, 0.25) is 0 Å². The number of rotatable bonds is 35. The molecule has 0 saturated carbocycles. The first-order chi connectivity index (χ1) is 22.6. The fourth-order valence-corrected chi connectivity index (χ4v) is 5.65. The zero-order chi connectivity index (χ0) is 33.6. The van der Waals surface area contributed by atoms with E-state index in [2.05, 4.69) is 62.5 Å². The van der Waals surface area contributed by atoms with Crippen molar-refractivity contribution in [1.29, 1.82) is 0 Å². The van der Waals surface area contributed by atoms with Gasteiger partial charge in [0.1, 0.15) is 6.10 Å². The van der Waals surface area contributed by atoms with E-state index >= 15 is 0 Å². The number of hydrogen-bond acceptors (Lipinski definition) is 3. The molecule has 0 radical (unpaired) electrons. The number of esters is 1. The Labute approximate surface area is 285 Å². The Kier molecular flexibility index (Phi) is 35.7. The Balaban J connectivity index is 4.07. The number of carbonyl (C=O) groups excluding carboxylic acids is 1. The molecular formula is C42H74O4. The van der Waals surface area contributed by atoms with Gasteiger partial charge in [-0.2, -0.15) is 0 Å². The molecule has 46 heavy (non-hydrogen) atoms. The lowest BCUT2D eigenvalue weighted by Crippen LogP contribution is -2.18. The Morgan fingerprint density at radius 2 is 0.870 bits per heavy atom. The number of hydrogen-bond donors (Lipinski definition) is 1. The second-order valence-corrected chi connectivity index (χ2v) is 13.1. The SMILES string of the molecule is CCCCC/C=C\C/C=C\C/C=C\C/C=C\CCCC(=O)OC(CCCCCCCC)CCCCCCCCCCCCC(=O)O. The second-order valence-electron chi connectivity index (χ2n) is 13.1. The van der Waals surface area contributed by atoms with Crippen molar-refractivity contribution < 1.29 is 19.4 Å². The minimum absolute atomic E-state index is 0.0183. The van der Waals surface area contributed by atoms with Crippen LogP contribution in [0.1, 0.15) is 200 Å². The van der Waals surface area contributed by atoms with Gasteiger partial charge in [0, 0.05) is 12.8 Å². The van der Waals surface area contributed by atoms with Gasteiger partial charge in [-0.25, -0.2) is 0 Å². The average Bonchev–Trinajstić information content (AvgIpc) is 3.04. The first-order valence-electron chi connectivity index (χ1n) is 19.6. The van der Waals surface area contributed by atoms with Gasteiger partial charge in [0.2, 0.25) is 0 Å². The van der Waals surface area contributed by atoms with E-state index < -0.39 is 5.97 Å². The highest BCUT2D eigenvalue weighted by Crippen LogP contribution is 2.18. The van der Waals surface area contributed by atoms with Crippen LogP contribution in [0.5, 0.6) is 0 Å². The summed E-state index contributed by atoms with van der Waals surface area (Å²) in [6.45, 7) is 4.50. The fourth-order valence-electron chi connectivity index (χ4n) is 5.65. The maximum atomic E-state index is 12.6. The highest BCUT2D eigenvalue weighted by atomic mass is 16.5. The Morgan fingerprint density at radius 1 is 0.478 bits per heavy atom. The molecule has 1 N–H and O–H groups in total. The molecule has 0 aromatic rings. The molecule has 4 heteroatoms. The van der Waals surface area contributed by atoms with Crippen LogP contribution in [-0.4, -0.2) is 23.1 Å². The minimum atomic E-state index is -0.678. The van der Waals surface area contributed by atoms with Crippen LogP contribution in [-0.2, 0) is 14.3 Å². The number of allylic oxidation sites excluding steroid dienone is 8. The first kappa shape index (κ1) is 43.9. The van der Waals surface area contributed by atoms with Gasteiger partial charge in [0.05, 0.1) is 0 Å². The summed E-state index contributed by atoms with van der Waals surface area (Å²) >= 11 is 0. The standard InChI is InChI=1S/C42H74O4/c1-3-5-7-9-11-12-13-14-15-16-17-18-19-24-27-31-35-39-42(45)46-40(36-32-28-10-8-6-4-2)37-33-29-25-22-20-21-23-26-30-34-38-41(43)44/h11-12,14-15,17-18,24,27,40H,3-10,13,16,19-23,25-26,28-39H2,1-2H3,(H,43,44)/b12-11-,15-14-,18-17-,27-24-. The summed E-state index contributed by atoms with van der Waals surface area (Å²) in [5.41, 5.74) is 0. The van der Waals surface area contributed by atoms with E-state index in [-0.39, 0.29) is 12.1 Å². The number of aliphatic carboxylic acids is 1. The van der Waals surface area contributed by atoms with Crippen molar-refractivity contribution in [2.75, 3.05) is 0 Å². The molecule has 0 amide bonds. The molecule has 0 aromatic heterocycles. The van der Waals surface area contributed by atoms with Gasteiger partial charge in [-0.15, -0.1) is 0 Å². The topological polar surface area (TPSA) is 63.6 Å². The minimum Gasteiger partial charge on any atom is -0.481 e. The molecule has 1 unspecified atom stereocenters. The van der Waals surface area contributed by atoms with Gasteiger partial charge < -0.3 is 9.84 Å². The summed E-state index contributed by atoms with van der Waals surface area (Å²) in [5, 5.41) is 8.71. The van der Waals surface area contributed by atoms with Crippen LogP contribution in [0.15, 0.2) is 48.6 Å². The highest BCUT2D eigenvalue weighted by molar-refractivity contribution is 5.69. The van der Waals surface area contributed by atoms with Crippen molar-refractivity contribution in [1.82, 2.24) is 0 Å². The Hall–Kier alpha value is -2.10. The molecule has 0 heterocycles. The van der Waals surface area contributed by atoms with Crippen molar-refractivity contribution in [2.45, 2.75) is 206 Å². The maximum Gasteiger partial charge on any atom is 0.306 e. The van der Waals surface area contributed by atoms with Crippen LogP contribution >= 0.6 is 0 Å². The molecule has 4 nitrogen and oxygen atoms in total. The van der Waals surface area contributed by atoms with Crippen LogP contribution in [0, 0.1) is 0 Å². The van der Waals surface area contributed by atoms with Gasteiger partial charge in [-0.1, -0.05) is 159 Å². The smallest absolute Gasteiger partial charge is 0.306 e. The zero-order valence-electron chi connectivity index (χ0n) is 30.4. The molecule has 0 spiro atoms. The quantitative estimate of drug-likeness (QED) is 0.0424. The van der Waals surface area contributed by atoms with Crippen molar-refractivity contribution in [3.05, 3.63) is 48.6 Å². The molecule has 0 aromatic carbocycles. The van der Waals surface area contributed by atoms with E-state index in [0.717, 1.165) is 77.0 Å². The molecule has 0 aliphatic carbocycles. The lowest BCUT2D eigenvalue weighted by molar-refractivity contribution is -0.150. The number of ether oxygens (including phenoxy) is 1.